The molecule has 0 aromatic heterocycles. The molecule has 1 aromatic rings. The highest BCUT2D eigenvalue weighted by Crippen LogP contribution is 2.17. The third kappa shape index (κ3) is 4.29. The summed E-state index contributed by atoms with van der Waals surface area (Å²) in [6.07, 6.45) is -0.0769. The minimum absolute atomic E-state index is 0.0564. The first-order chi connectivity index (χ1) is 11.0. The van der Waals surface area contributed by atoms with Crippen molar-refractivity contribution in [2.24, 2.45) is 5.73 Å². The van der Waals surface area contributed by atoms with Crippen LogP contribution in [0.1, 0.15) is 6.42 Å². The van der Waals surface area contributed by atoms with Crippen molar-refractivity contribution < 1.29 is 17.9 Å². The van der Waals surface area contributed by atoms with E-state index >= 15 is 0 Å². The lowest BCUT2D eigenvalue weighted by Gasteiger charge is -2.34. The van der Waals surface area contributed by atoms with Crippen molar-refractivity contribution in [3.8, 4) is 0 Å². The summed E-state index contributed by atoms with van der Waals surface area (Å²) in [4.78, 5) is 14.1. The molecule has 1 heterocycles. The molecule has 0 spiro atoms. The lowest BCUT2D eigenvalue weighted by molar-refractivity contribution is -0.134. The van der Waals surface area contributed by atoms with E-state index in [9.17, 15) is 13.2 Å². The number of nitrogens with two attached hydrogens (primary N) is 1. The molecule has 1 aliphatic rings. The molecule has 0 saturated carbocycles. The minimum Gasteiger partial charge on any atom is -0.380 e. The fourth-order valence-corrected chi connectivity index (χ4v) is 3.95. The normalized spacial score (nSPS) is 17.9. The number of carbonyl (C=O) groups excluding carboxylic acids is 1. The molecule has 7 nitrogen and oxygen atoms in total. The Hall–Kier alpha value is -1.48. The van der Waals surface area contributed by atoms with E-state index in [2.05, 4.69) is 0 Å². The van der Waals surface area contributed by atoms with E-state index in [0.29, 0.717) is 26.2 Å². The van der Waals surface area contributed by atoms with E-state index < -0.39 is 10.0 Å². The van der Waals surface area contributed by atoms with Gasteiger partial charge < -0.3 is 15.4 Å². The smallest absolute Gasteiger partial charge is 0.243 e. The second-order valence-electron chi connectivity index (χ2n) is 5.40. The number of benzene rings is 1. The lowest BCUT2D eigenvalue weighted by Crippen LogP contribution is -2.51. The van der Waals surface area contributed by atoms with E-state index in [1.165, 1.54) is 11.4 Å². The van der Waals surface area contributed by atoms with Crippen molar-refractivity contribution in [1.82, 2.24) is 9.21 Å². The standard InChI is InChI=1S/C15H23N3O4S/c1-22-13(12-16)11-15(19)17-7-9-18(10-8-17)23(20,21)14-5-3-2-4-6-14/h2-6,13H,7-12,16H2,1H3. The molecule has 2 N–H and O–H groups in total. The Morgan fingerprint density at radius 3 is 2.35 bits per heavy atom. The predicted octanol–water partition coefficient (Wildman–Crippen LogP) is -0.117. The predicted molar refractivity (Wildman–Crippen MR) is 86.2 cm³/mol. The molecule has 1 saturated heterocycles. The van der Waals surface area contributed by atoms with Crippen LogP contribution in [0.15, 0.2) is 35.2 Å². The number of carbonyl (C=O) groups is 1. The SMILES string of the molecule is COC(CN)CC(=O)N1CCN(S(=O)(=O)c2ccccc2)CC1. The molecule has 8 heteroatoms. The number of hydrogen-bond donors (Lipinski definition) is 1. The van der Waals surface area contributed by atoms with Gasteiger partial charge in [0.15, 0.2) is 0 Å². The molecule has 128 valence electrons. The van der Waals surface area contributed by atoms with Crippen LogP contribution in [0.5, 0.6) is 0 Å². The summed E-state index contributed by atoms with van der Waals surface area (Å²) in [5.41, 5.74) is 5.52. The second kappa shape index (κ2) is 7.87. The van der Waals surface area contributed by atoms with Crippen molar-refractivity contribution in [2.75, 3.05) is 39.8 Å². The van der Waals surface area contributed by atoms with E-state index in [1.54, 1.807) is 35.2 Å². The molecule has 1 fully saturated rings. The van der Waals surface area contributed by atoms with Crippen molar-refractivity contribution in [2.45, 2.75) is 17.4 Å². The van der Waals surface area contributed by atoms with E-state index in [-0.39, 0.29) is 29.9 Å². The van der Waals surface area contributed by atoms with Crippen LogP contribution >= 0.6 is 0 Å². The number of sulfonamides is 1. The third-order valence-corrected chi connectivity index (χ3v) is 5.88. The van der Waals surface area contributed by atoms with Crippen LogP contribution in [0.2, 0.25) is 0 Å². The Bertz CT molecular complexity index is 609. The second-order valence-corrected chi connectivity index (χ2v) is 7.33. The minimum atomic E-state index is -3.49. The zero-order valence-electron chi connectivity index (χ0n) is 13.2. The van der Waals surface area contributed by atoms with Crippen molar-refractivity contribution in [1.29, 1.82) is 0 Å². The highest BCUT2D eigenvalue weighted by Gasteiger charge is 2.30. The van der Waals surface area contributed by atoms with Crippen LogP contribution in [-0.2, 0) is 19.6 Å². The monoisotopic (exact) mass is 341 g/mol. The highest BCUT2D eigenvalue weighted by molar-refractivity contribution is 7.89. The van der Waals surface area contributed by atoms with Gasteiger partial charge in [-0.3, -0.25) is 4.79 Å². The van der Waals surface area contributed by atoms with E-state index in [1.807, 2.05) is 0 Å². The lowest BCUT2D eigenvalue weighted by atomic mass is 10.2. The fraction of sp³-hybridized carbons (Fsp3) is 0.533. The quantitative estimate of drug-likeness (QED) is 0.779. The molecule has 1 atom stereocenters. The molecule has 0 radical (unpaired) electrons. The average Bonchev–Trinajstić information content (AvgIpc) is 2.60. The molecule has 1 aliphatic heterocycles. The Balaban J connectivity index is 1.95. The van der Waals surface area contributed by atoms with E-state index in [0.717, 1.165) is 0 Å². The number of rotatable bonds is 6. The van der Waals surface area contributed by atoms with Gasteiger partial charge in [0.2, 0.25) is 15.9 Å². The third-order valence-electron chi connectivity index (χ3n) is 3.97. The van der Waals surface area contributed by atoms with Crippen LogP contribution < -0.4 is 5.73 Å². The van der Waals surface area contributed by atoms with Crippen LogP contribution in [0, 0.1) is 0 Å². The average molecular weight is 341 g/mol. The molecule has 0 bridgehead atoms. The van der Waals surface area contributed by atoms with Gasteiger partial charge >= 0.3 is 0 Å². The maximum Gasteiger partial charge on any atom is 0.243 e. The number of amides is 1. The molecule has 1 amide bonds. The Morgan fingerprint density at radius 2 is 1.83 bits per heavy atom. The van der Waals surface area contributed by atoms with Gasteiger partial charge in [0, 0.05) is 39.8 Å². The summed E-state index contributed by atoms with van der Waals surface area (Å²) in [7, 11) is -1.97. The summed E-state index contributed by atoms with van der Waals surface area (Å²) >= 11 is 0. The zero-order chi connectivity index (χ0) is 16.9. The zero-order valence-corrected chi connectivity index (χ0v) is 14.0. The van der Waals surface area contributed by atoms with Gasteiger partial charge in [-0.1, -0.05) is 18.2 Å². The van der Waals surface area contributed by atoms with Crippen LogP contribution in [0.25, 0.3) is 0 Å². The first-order valence-corrected chi connectivity index (χ1v) is 8.99. The van der Waals surface area contributed by atoms with Gasteiger partial charge in [0.05, 0.1) is 17.4 Å². The number of methoxy groups -OCH3 is 1. The summed E-state index contributed by atoms with van der Waals surface area (Å²) < 4.78 is 31.6. The fourth-order valence-electron chi connectivity index (χ4n) is 2.51. The van der Waals surface area contributed by atoms with Crippen molar-refractivity contribution >= 4 is 15.9 Å². The van der Waals surface area contributed by atoms with Gasteiger partial charge in [-0.15, -0.1) is 0 Å². The molecule has 1 aromatic carbocycles. The molecule has 0 aliphatic carbocycles. The molecule has 23 heavy (non-hydrogen) atoms. The number of hydrogen-bond acceptors (Lipinski definition) is 5. The summed E-state index contributed by atoms with van der Waals surface area (Å²) in [6.45, 7) is 1.63. The Kier molecular flexibility index (Phi) is 6.11. The Morgan fingerprint density at radius 1 is 1.22 bits per heavy atom. The topological polar surface area (TPSA) is 92.9 Å². The molecular formula is C15H23N3O4S. The maximum atomic E-state index is 12.5. The molecule has 2 rings (SSSR count). The van der Waals surface area contributed by atoms with E-state index in [4.69, 9.17) is 10.5 Å². The van der Waals surface area contributed by atoms with Crippen molar-refractivity contribution in [3.63, 3.8) is 0 Å². The first-order valence-electron chi connectivity index (χ1n) is 7.55. The summed E-state index contributed by atoms with van der Waals surface area (Å²) in [6, 6.07) is 8.34. The maximum absolute atomic E-state index is 12.5. The number of nitrogens with zero attached hydrogens (tertiary/aromatic N) is 2. The van der Waals surface area contributed by atoms with Gasteiger partial charge in [-0.25, -0.2) is 8.42 Å². The van der Waals surface area contributed by atoms with Gasteiger partial charge in [-0.05, 0) is 12.1 Å². The largest absolute Gasteiger partial charge is 0.380 e. The van der Waals surface area contributed by atoms with Crippen LogP contribution in [0.4, 0.5) is 0 Å². The van der Waals surface area contributed by atoms with Gasteiger partial charge in [0.25, 0.3) is 0 Å². The molecular weight excluding hydrogens is 318 g/mol. The number of ether oxygens (including phenoxy) is 1. The van der Waals surface area contributed by atoms with Crippen molar-refractivity contribution in [3.05, 3.63) is 30.3 Å². The highest BCUT2D eigenvalue weighted by atomic mass is 32.2. The summed E-state index contributed by atoms with van der Waals surface area (Å²) in [5.74, 6) is -0.0564. The van der Waals surface area contributed by atoms with Crippen LogP contribution in [-0.4, -0.2) is 69.5 Å². The Labute approximate surface area is 137 Å². The van der Waals surface area contributed by atoms with Gasteiger partial charge in [0.1, 0.15) is 0 Å². The first kappa shape index (κ1) is 17.9. The molecule has 1 unspecified atom stereocenters. The number of piperazine rings is 1. The van der Waals surface area contributed by atoms with Gasteiger partial charge in [-0.2, -0.15) is 4.31 Å². The summed E-state index contributed by atoms with van der Waals surface area (Å²) in [5, 5.41) is 0. The van der Waals surface area contributed by atoms with Crippen LogP contribution in [0.3, 0.4) is 0 Å².